The summed E-state index contributed by atoms with van der Waals surface area (Å²) >= 11 is 0. The lowest BCUT2D eigenvalue weighted by Crippen LogP contribution is -2.35. The highest BCUT2D eigenvalue weighted by molar-refractivity contribution is 6.06. The van der Waals surface area contributed by atoms with E-state index < -0.39 is 6.03 Å². The van der Waals surface area contributed by atoms with E-state index in [0.717, 1.165) is 12.0 Å². The van der Waals surface area contributed by atoms with Gasteiger partial charge in [-0.05, 0) is 12.0 Å². The van der Waals surface area contributed by atoms with Gasteiger partial charge in [0.1, 0.15) is 11.5 Å². The van der Waals surface area contributed by atoms with Crippen molar-refractivity contribution in [2.45, 2.75) is 25.8 Å². The van der Waals surface area contributed by atoms with Gasteiger partial charge in [-0.3, -0.25) is 15.2 Å². The van der Waals surface area contributed by atoms with Crippen LogP contribution in [-0.4, -0.2) is 40.7 Å². The molecule has 8 nitrogen and oxygen atoms in total. The van der Waals surface area contributed by atoms with Gasteiger partial charge in [0.05, 0.1) is 18.2 Å². The van der Waals surface area contributed by atoms with Gasteiger partial charge in [0, 0.05) is 31.2 Å². The summed E-state index contributed by atoms with van der Waals surface area (Å²) in [6.07, 6.45) is 2.73. The minimum absolute atomic E-state index is 0.0285. The normalized spacial score (nSPS) is 11.9. The first-order valence-electron chi connectivity index (χ1n) is 9.11. The fourth-order valence-corrected chi connectivity index (χ4v) is 2.92. The SMILES string of the molecule is CCCC(=O)c1n[nH]c2cc(NC(=O)NC(COC)c3ccccc3)ncc12. The number of methoxy groups -OCH3 is 1. The molecule has 3 rings (SSSR count). The zero-order valence-corrected chi connectivity index (χ0v) is 15.9. The Morgan fingerprint density at radius 3 is 2.75 bits per heavy atom. The van der Waals surface area contributed by atoms with Crippen LogP contribution in [0, 0.1) is 0 Å². The molecule has 0 aliphatic rings. The fraction of sp³-hybridized carbons (Fsp3) is 0.300. The van der Waals surface area contributed by atoms with Crippen molar-refractivity contribution in [3.05, 3.63) is 53.9 Å². The number of carbonyl (C=O) groups is 2. The maximum absolute atomic E-state index is 12.4. The lowest BCUT2D eigenvalue weighted by Gasteiger charge is -2.18. The molecule has 8 heteroatoms. The van der Waals surface area contributed by atoms with Crippen LogP contribution < -0.4 is 10.6 Å². The molecule has 0 radical (unpaired) electrons. The number of aromatic nitrogens is 3. The zero-order chi connectivity index (χ0) is 19.9. The second-order valence-electron chi connectivity index (χ2n) is 6.38. The molecular weight excluding hydrogens is 358 g/mol. The quantitative estimate of drug-likeness (QED) is 0.518. The minimum atomic E-state index is -0.403. The third kappa shape index (κ3) is 4.52. The highest BCUT2D eigenvalue weighted by atomic mass is 16.5. The molecule has 3 N–H and O–H groups in total. The second kappa shape index (κ2) is 9.09. The minimum Gasteiger partial charge on any atom is -0.382 e. The van der Waals surface area contributed by atoms with Crippen LogP contribution in [-0.2, 0) is 4.74 Å². The largest absolute Gasteiger partial charge is 0.382 e. The van der Waals surface area contributed by atoms with Crippen LogP contribution in [0.5, 0.6) is 0 Å². The summed E-state index contributed by atoms with van der Waals surface area (Å²) in [4.78, 5) is 28.7. The molecule has 0 saturated heterocycles. The molecule has 0 saturated carbocycles. The van der Waals surface area contributed by atoms with Crippen molar-refractivity contribution in [1.29, 1.82) is 0 Å². The number of H-pyrrole nitrogens is 1. The van der Waals surface area contributed by atoms with Crippen LogP contribution in [0.4, 0.5) is 10.6 Å². The highest BCUT2D eigenvalue weighted by Crippen LogP contribution is 2.20. The average Bonchev–Trinajstić information content (AvgIpc) is 3.12. The van der Waals surface area contributed by atoms with Gasteiger partial charge in [-0.2, -0.15) is 5.10 Å². The van der Waals surface area contributed by atoms with Crippen molar-refractivity contribution >= 4 is 28.5 Å². The Morgan fingerprint density at radius 2 is 2.04 bits per heavy atom. The van der Waals surface area contributed by atoms with Crippen LogP contribution in [0.2, 0.25) is 0 Å². The van der Waals surface area contributed by atoms with Crippen LogP contribution >= 0.6 is 0 Å². The molecule has 3 aromatic rings. The smallest absolute Gasteiger partial charge is 0.320 e. The Labute approximate surface area is 162 Å². The molecule has 0 aliphatic heterocycles. The third-order valence-electron chi connectivity index (χ3n) is 4.27. The zero-order valence-electron chi connectivity index (χ0n) is 15.9. The van der Waals surface area contributed by atoms with Crippen LogP contribution in [0.25, 0.3) is 10.9 Å². The van der Waals surface area contributed by atoms with E-state index in [4.69, 9.17) is 4.74 Å². The van der Waals surface area contributed by atoms with E-state index in [1.54, 1.807) is 19.4 Å². The Kier molecular flexibility index (Phi) is 6.33. The van der Waals surface area contributed by atoms with Crippen molar-refractivity contribution in [1.82, 2.24) is 20.5 Å². The number of amides is 2. The van der Waals surface area contributed by atoms with Gasteiger partial charge in [0.2, 0.25) is 0 Å². The number of hydrogen-bond acceptors (Lipinski definition) is 5. The summed E-state index contributed by atoms with van der Waals surface area (Å²) in [6.45, 7) is 2.28. The molecule has 0 bridgehead atoms. The maximum Gasteiger partial charge on any atom is 0.320 e. The van der Waals surface area contributed by atoms with E-state index in [0.29, 0.717) is 35.4 Å². The number of rotatable bonds is 8. The lowest BCUT2D eigenvalue weighted by molar-refractivity contribution is 0.0978. The van der Waals surface area contributed by atoms with Crippen molar-refractivity contribution in [2.24, 2.45) is 0 Å². The monoisotopic (exact) mass is 381 g/mol. The van der Waals surface area contributed by atoms with Crippen LogP contribution in [0.1, 0.15) is 41.9 Å². The molecule has 1 unspecified atom stereocenters. The average molecular weight is 381 g/mol. The molecule has 2 aromatic heterocycles. The number of Topliss-reactive ketones (excluding diaryl/α,β-unsaturated/α-hetero) is 1. The third-order valence-corrected chi connectivity index (χ3v) is 4.27. The van der Waals surface area contributed by atoms with Gasteiger partial charge in [0.15, 0.2) is 5.78 Å². The van der Waals surface area contributed by atoms with Crippen molar-refractivity contribution < 1.29 is 14.3 Å². The number of pyridine rings is 1. The number of ketones is 1. The molecule has 0 aliphatic carbocycles. The molecule has 2 heterocycles. The first-order chi connectivity index (χ1) is 13.6. The molecule has 28 heavy (non-hydrogen) atoms. The number of hydrogen-bond donors (Lipinski definition) is 3. The summed E-state index contributed by atoms with van der Waals surface area (Å²) in [5, 5.41) is 13.1. The molecular formula is C20H23N5O3. The molecule has 1 atom stereocenters. The molecule has 1 aromatic carbocycles. The van der Waals surface area contributed by atoms with Gasteiger partial charge in [-0.25, -0.2) is 9.78 Å². The first kappa shape index (κ1) is 19.5. The Balaban J connectivity index is 1.71. The number of fused-ring (bicyclic) bond motifs is 1. The fourth-order valence-electron chi connectivity index (χ4n) is 2.92. The number of urea groups is 1. The number of benzene rings is 1. The van der Waals surface area contributed by atoms with E-state index in [9.17, 15) is 9.59 Å². The number of ether oxygens (including phenoxy) is 1. The number of aromatic amines is 1. The Bertz CT molecular complexity index is 955. The van der Waals surface area contributed by atoms with Crippen molar-refractivity contribution in [3.63, 3.8) is 0 Å². The number of nitrogens with one attached hydrogen (secondary N) is 3. The summed E-state index contributed by atoms with van der Waals surface area (Å²) in [5.41, 5.74) is 1.96. The summed E-state index contributed by atoms with van der Waals surface area (Å²) < 4.78 is 5.21. The number of carbonyl (C=O) groups excluding carboxylic acids is 2. The maximum atomic E-state index is 12.4. The summed E-state index contributed by atoms with van der Waals surface area (Å²) in [6, 6.07) is 10.5. The van der Waals surface area contributed by atoms with Crippen LogP contribution in [0.15, 0.2) is 42.6 Å². The van der Waals surface area contributed by atoms with Gasteiger partial charge >= 0.3 is 6.03 Å². The van der Waals surface area contributed by atoms with E-state index in [2.05, 4.69) is 25.8 Å². The first-order valence-corrected chi connectivity index (χ1v) is 9.11. The number of anilines is 1. The summed E-state index contributed by atoms with van der Waals surface area (Å²) in [5.74, 6) is 0.326. The standard InChI is InChI=1S/C20H23N5O3/c1-3-7-17(26)19-14-11-21-18(10-15(14)24-25-19)23-20(27)22-16(12-28-2)13-8-5-4-6-9-13/h4-6,8-11,16H,3,7,12H2,1-2H3,(H,24,25)(H2,21,22,23,27). The van der Waals surface area contributed by atoms with E-state index in [1.807, 2.05) is 37.3 Å². The lowest BCUT2D eigenvalue weighted by atomic mass is 10.1. The van der Waals surface area contributed by atoms with E-state index in [-0.39, 0.29) is 11.8 Å². The molecule has 2 amide bonds. The predicted octanol–water partition coefficient (Wildman–Crippen LogP) is 3.45. The van der Waals surface area contributed by atoms with Crippen LogP contribution in [0.3, 0.4) is 0 Å². The van der Waals surface area contributed by atoms with Gasteiger partial charge in [0.25, 0.3) is 0 Å². The van der Waals surface area contributed by atoms with Gasteiger partial charge < -0.3 is 10.1 Å². The molecule has 0 spiro atoms. The Morgan fingerprint density at radius 1 is 1.25 bits per heavy atom. The predicted molar refractivity (Wildman–Crippen MR) is 106 cm³/mol. The topological polar surface area (TPSA) is 109 Å². The summed E-state index contributed by atoms with van der Waals surface area (Å²) in [7, 11) is 1.58. The van der Waals surface area contributed by atoms with E-state index in [1.165, 1.54) is 0 Å². The van der Waals surface area contributed by atoms with Crippen molar-refractivity contribution in [3.8, 4) is 0 Å². The van der Waals surface area contributed by atoms with E-state index >= 15 is 0 Å². The van der Waals surface area contributed by atoms with Gasteiger partial charge in [-0.1, -0.05) is 37.3 Å². The molecule has 0 fully saturated rings. The molecule has 146 valence electrons. The Hall–Kier alpha value is -3.26. The van der Waals surface area contributed by atoms with Gasteiger partial charge in [-0.15, -0.1) is 0 Å². The highest BCUT2D eigenvalue weighted by Gasteiger charge is 2.17. The number of nitrogens with zero attached hydrogens (tertiary/aromatic N) is 2. The van der Waals surface area contributed by atoms with Crippen molar-refractivity contribution in [2.75, 3.05) is 19.0 Å². The second-order valence-corrected chi connectivity index (χ2v) is 6.38.